The number of hydrogen-bond acceptors (Lipinski definition) is 14. The number of carbonyl (C=O) groups is 5. The first-order valence-corrected chi connectivity index (χ1v) is 21.9. The van der Waals surface area contributed by atoms with Crippen molar-refractivity contribution in [1.29, 1.82) is 0 Å². The van der Waals surface area contributed by atoms with E-state index in [0.29, 0.717) is 51.0 Å². The van der Waals surface area contributed by atoms with Crippen LogP contribution in [0.4, 0.5) is 5.69 Å². The number of carbonyl (C=O) groups excluding carboxylic acids is 5. The number of nitrogens with one attached hydrogen (secondary N) is 1. The van der Waals surface area contributed by atoms with E-state index in [1.54, 1.807) is 31.1 Å². The zero-order valence-corrected chi connectivity index (χ0v) is 36.0. The molecule has 0 radical (unpaired) electrons. The lowest BCUT2D eigenvalue weighted by molar-refractivity contribution is -0.136. The monoisotopic (exact) mass is 865 g/mol. The lowest BCUT2D eigenvalue weighted by Gasteiger charge is -2.35. The number of nitrogens with zero attached hydrogens (tertiary/aromatic N) is 8. The van der Waals surface area contributed by atoms with Crippen molar-refractivity contribution in [3.05, 3.63) is 77.1 Å². The van der Waals surface area contributed by atoms with E-state index in [9.17, 15) is 24.0 Å². The molecule has 1 N–H and O–H groups in total. The molecule has 6 heterocycles. The van der Waals surface area contributed by atoms with Crippen LogP contribution < -0.4 is 15.0 Å². The van der Waals surface area contributed by atoms with Crippen molar-refractivity contribution >= 4 is 46.3 Å². The molecule has 5 amide bonds. The highest BCUT2D eigenvalue weighted by Crippen LogP contribution is 2.35. The number of benzene rings is 1. The number of fused-ring (bicyclic) bond motifs is 2. The first-order chi connectivity index (χ1) is 30.7. The van der Waals surface area contributed by atoms with Crippen molar-refractivity contribution in [3.8, 4) is 5.75 Å². The van der Waals surface area contributed by atoms with Gasteiger partial charge in [-0.2, -0.15) is 0 Å². The summed E-state index contributed by atoms with van der Waals surface area (Å²) in [5.74, 6) is -1.37. The van der Waals surface area contributed by atoms with E-state index in [2.05, 4.69) is 36.8 Å². The highest BCUT2D eigenvalue weighted by atomic mass is 16.6. The van der Waals surface area contributed by atoms with Gasteiger partial charge in [-0.15, -0.1) is 0 Å². The van der Waals surface area contributed by atoms with Gasteiger partial charge in [0, 0.05) is 76.6 Å². The molecule has 2 saturated heterocycles. The van der Waals surface area contributed by atoms with Crippen molar-refractivity contribution in [2.45, 2.75) is 57.0 Å². The number of piperazine rings is 1. The average molecular weight is 866 g/mol. The van der Waals surface area contributed by atoms with Gasteiger partial charge in [-0.25, -0.2) is 9.97 Å². The van der Waals surface area contributed by atoms with Crippen LogP contribution in [0.2, 0.25) is 0 Å². The van der Waals surface area contributed by atoms with Crippen LogP contribution in [0.5, 0.6) is 5.75 Å². The summed E-state index contributed by atoms with van der Waals surface area (Å²) >= 11 is 0. The van der Waals surface area contributed by atoms with Gasteiger partial charge in [-0.05, 0) is 49.6 Å². The third-order valence-electron chi connectivity index (χ3n) is 12.0. The van der Waals surface area contributed by atoms with E-state index in [1.165, 1.54) is 6.07 Å². The molecular formula is C45H55N9O9. The Bertz CT molecular complexity index is 2300. The molecule has 1 unspecified atom stereocenters. The van der Waals surface area contributed by atoms with Gasteiger partial charge in [-0.1, -0.05) is 18.9 Å². The quantitative estimate of drug-likeness (QED) is 0.107. The summed E-state index contributed by atoms with van der Waals surface area (Å²) in [6.07, 6.45) is 8.84. The maximum atomic E-state index is 13.2. The van der Waals surface area contributed by atoms with E-state index in [-0.39, 0.29) is 54.9 Å². The molecule has 3 aromatic heterocycles. The van der Waals surface area contributed by atoms with E-state index in [4.69, 9.17) is 28.9 Å². The van der Waals surface area contributed by atoms with Gasteiger partial charge >= 0.3 is 0 Å². The maximum Gasteiger partial charge on any atom is 0.270 e. The van der Waals surface area contributed by atoms with E-state index in [1.807, 2.05) is 18.5 Å². The van der Waals surface area contributed by atoms with Crippen LogP contribution in [0, 0.1) is 0 Å². The third-order valence-corrected chi connectivity index (χ3v) is 12.0. The Balaban J connectivity index is 0.683. The predicted octanol–water partition coefficient (Wildman–Crippen LogP) is 2.89. The molecule has 1 aromatic carbocycles. The number of aromatic nitrogens is 4. The molecule has 334 valence electrons. The van der Waals surface area contributed by atoms with E-state index in [0.717, 1.165) is 85.7 Å². The molecule has 4 aliphatic rings. The number of rotatable bonds is 19. The van der Waals surface area contributed by atoms with Crippen LogP contribution >= 0.6 is 0 Å². The summed E-state index contributed by atoms with van der Waals surface area (Å²) in [4.78, 5) is 84.9. The lowest BCUT2D eigenvalue weighted by atomic mass is 10.0. The molecule has 4 aromatic rings. The van der Waals surface area contributed by atoms with Crippen molar-refractivity contribution < 1.29 is 42.9 Å². The molecule has 0 bridgehead atoms. The predicted molar refractivity (Wildman–Crippen MR) is 230 cm³/mol. The fraction of sp³-hybridized carbons (Fsp3) is 0.511. The molecule has 3 aliphatic heterocycles. The van der Waals surface area contributed by atoms with Gasteiger partial charge in [0.25, 0.3) is 17.7 Å². The molecule has 0 spiro atoms. The van der Waals surface area contributed by atoms with Crippen molar-refractivity contribution in [2.75, 3.05) is 98.0 Å². The van der Waals surface area contributed by atoms with E-state index >= 15 is 0 Å². The summed E-state index contributed by atoms with van der Waals surface area (Å²) in [6.45, 7) is 7.15. The molecule has 18 nitrogen and oxygen atoms in total. The zero-order valence-electron chi connectivity index (χ0n) is 36.0. The summed E-state index contributed by atoms with van der Waals surface area (Å²) < 4.78 is 25.0. The number of piperidine rings is 1. The fourth-order valence-electron chi connectivity index (χ4n) is 8.70. The first-order valence-electron chi connectivity index (χ1n) is 21.9. The Hall–Kier alpha value is -5.82. The van der Waals surface area contributed by atoms with Crippen LogP contribution in [-0.2, 0) is 30.2 Å². The molecule has 3 fully saturated rings. The normalized spacial score (nSPS) is 18.4. The number of hydrogen-bond donors (Lipinski definition) is 1. The molecule has 1 atom stereocenters. The lowest BCUT2D eigenvalue weighted by Crippen LogP contribution is -2.54. The fourth-order valence-corrected chi connectivity index (χ4v) is 8.70. The van der Waals surface area contributed by atoms with Crippen LogP contribution in [0.15, 0.2) is 48.8 Å². The van der Waals surface area contributed by atoms with Gasteiger partial charge < -0.3 is 33.3 Å². The Kier molecular flexibility index (Phi) is 14.0. The Labute approximate surface area is 365 Å². The third kappa shape index (κ3) is 10.0. The minimum Gasteiger partial charge on any atom is -0.490 e. The molecule has 8 rings (SSSR count). The second-order valence-electron chi connectivity index (χ2n) is 16.4. The van der Waals surface area contributed by atoms with Crippen LogP contribution in [-0.4, -0.2) is 163 Å². The SMILES string of the molecule is CN(C)C(=O)c1cc2cnc(Cc3ccc(N4CCN(CCOCCOCCOCCOc5cccc6c5C(=O)N(C5CCC(=O)NC5=O)C6=O)CC4)cn3)nc2n1C1CCCC1. The minimum atomic E-state index is -1.04. The van der Waals surface area contributed by atoms with Crippen LogP contribution in [0.1, 0.15) is 87.3 Å². The average Bonchev–Trinajstić information content (AvgIpc) is 4.01. The van der Waals surface area contributed by atoms with Gasteiger partial charge in [0.05, 0.1) is 69.1 Å². The molecular weight excluding hydrogens is 811 g/mol. The summed E-state index contributed by atoms with van der Waals surface area (Å²) in [5.41, 5.74) is 3.76. The maximum absolute atomic E-state index is 13.2. The summed E-state index contributed by atoms with van der Waals surface area (Å²) in [6, 6.07) is 10.1. The number of amides is 5. The van der Waals surface area contributed by atoms with Crippen molar-refractivity contribution in [2.24, 2.45) is 0 Å². The first kappa shape index (κ1) is 43.8. The number of imide groups is 2. The second-order valence-corrected chi connectivity index (χ2v) is 16.4. The van der Waals surface area contributed by atoms with E-state index < -0.39 is 29.7 Å². The largest absolute Gasteiger partial charge is 0.490 e. The highest BCUT2D eigenvalue weighted by Gasteiger charge is 2.46. The summed E-state index contributed by atoms with van der Waals surface area (Å²) in [7, 11) is 3.57. The number of pyridine rings is 1. The number of anilines is 1. The minimum absolute atomic E-state index is 0.0157. The van der Waals surface area contributed by atoms with Crippen LogP contribution in [0.3, 0.4) is 0 Å². The molecule has 1 saturated carbocycles. The Morgan fingerprint density at radius 3 is 2.25 bits per heavy atom. The molecule has 18 heteroatoms. The Morgan fingerprint density at radius 1 is 0.825 bits per heavy atom. The smallest absolute Gasteiger partial charge is 0.270 e. The Morgan fingerprint density at radius 2 is 1.56 bits per heavy atom. The van der Waals surface area contributed by atoms with Gasteiger partial charge in [0.2, 0.25) is 11.8 Å². The molecule has 1 aliphatic carbocycles. The standard InChI is InChI=1S/C45H55N9O9/c1-50(2)44(58)36-26-30-28-47-38(48-41(30)53(36)32-6-3-4-7-32)27-31-10-11-33(29-46-31)52-16-14-51(15-17-52)18-19-60-20-21-61-22-23-62-24-25-63-37-9-5-8-34-40(37)45(59)54(43(34)57)35-12-13-39(55)49-42(35)56/h5,8-11,26,28-29,32,35H,3-4,6-7,12-25,27H2,1-2H3,(H,49,55,56). The van der Waals surface area contributed by atoms with Gasteiger partial charge in [-0.3, -0.25) is 44.1 Å². The zero-order chi connectivity index (χ0) is 43.9. The van der Waals surface area contributed by atoms with Crippen LogP contribution in [0.25, 0.3) is 11.0 Å². The van der Waals surface area contributed by atoms with Crippen molar-refractivity contribution in [3.63, 3.8) is 0 Å². The van der Waals surface area contributed by atoms with Gasteiger partial charge in [0.15, 0.2) is 0 Å². The second kappa shape index (κ2) is 20.1. The topological polar surface area (TPSA) is 191 Å². The van der Waals surface area contributed by atoms with Gasteiger partial charge in [0.1, 0.15) is 35.6 Å². The molecule has 63 heavy (non-hydrogen) atoms. The highest BCUT2D eigenvalue weighted by molar-refractivity contribution is 6.24. The van der Waals surface area contributed by atoms with Crippen molar-refractivity contribution in [1.82, 2.24) is 39.5 Å². The number of ether oxygens (including phenoxy) is 4. The summed E-state index contributed by atoms with van der Waals surface area (Å²) in [5, 5.41) is 3.08.